The molecule has 1 amide bonds. The van der Waals surface area contributed by atoms with E-state index in [1.54, 1.807) is 12.1 Å². The van der Waals surface area contributed by atoms with Crippen molar-refractivity contribution >= 4 is 11.9 Å². The molecule has 1 heterocycles. The number of hydrogen-bond acceptors (Lipinski definition) is 4. The summed E-state index contributed by atoms with van der Waals surface area (Å²) in [6, 6.07) is 5.74. The predicted molar refractivity (Wildman–Crippen MR) is 66.2 cm³/mol. The molecule has 0 spiro atoms. The van der Waals surface area contributed by atoms with Crippen molar-refractivity contribution in [2.24, 2.45) is 0 Å². The molecule has 1 aromatic heterocycles. The number of benzene rings is 1. The van der Waals surface area contributed by atoms with Crippen LogP contribution in [0.4, 0.5) is 10.3 Å². The molecule has 0 aliphatic rings. The van der Waals surface area contributed by atoms with Gasteiger partial charge < -0.3 is 10.5 Å². The van der Waals surface area contributed by atoms with Crippen LogP contribution in [-0.2, 0) is 17.9 Å². The highest BCUT2D eigenvalue weighted by Crippen LogP contribution is 2.02. The lowest BCUT2D eigenvalue weighted by atomic mass is 10.2. The van der Waals surface area contributed by atoms with Gasteiger partial charge in [0.2, 0.25) is 5.91 Å². The second-order valence-electron chi connectivity index (χ2n) is 4.09. The number of hydrogen-bond donors (Lipinski definition) is 3. The van der Waals surface area contributed by atoms with Crippen molar-refractivity contribution < 1.29 is 19.6 Å². The molecule has 0 bridgehead atoms. The fraction of sp³-hybridized carbons (Fsp3) is 0.167. The number of aromatic nitrogens is 2. The summed E-state index contributed by atoms with van der Waals surface area (Å²) in [5.74, 6) is -0.888. The summed E-state index contributed by atoms with van der Waals surface area (Å²) in [5, 5.41) is 21.1. The maximum atomic E-state index is 12.7. The Balaban J connectivity index is 1.89. The molecular weight excluding hydrogens is 267 g/mol. The van der Waals surface area contributed by atoms with Crippen molar-refractivity contribution in [2.45, 2.75) is 13.1 Å². The van der Waals surface area contributed by atoms with Gasteiger partial charge in [0.15, 0.2) is 0 Å². The Morgan fingerprint density at radius 2 is 2.15 bits per heavy atom. The van der Waals surface area contributed by atoms with Gasteiger partial charge in [0.25, 0.3) is 0 Å². The van der Waals surface area contributed by atoms with Crippen molar-refractivity contribution in [2.75, 3.05) is 0 Å². The first-order valence-electron chi connectivity index (χ1n) is 5.82. The minimum atomic E-state index is -1.19. The van der Waals surface area contributed by atoms with E-state index in [1.165, 1.54) is 29.1 Å². The van der Waals surface area contributed by atoms with Gasteiger partial charge in [0.1, 0.15) is 12.4 Å². The van der Waals surface area contributed by atoms with E-state index in [2.05, 4.69) is 10.3 Å². The van der Waals surface area contributed by atoms with E-state index in [9.17, 15) is 14.4 Å². The van der Waals surface area contributed by atoms with Crippen molar-refractivity contribution in [3.8, 4) is 0 Å². The zero-order chi connectivity index (χ0) is 14.5. The molecule has 3 N–H and O–H groups in total. The Bertz CT molecular complexity index is 583. The number of amides is 1. The second-order valence-corrected chi connectivity index (χ2v) is 4.09. The fourth-order valence-electron chi connectivity index (χ4n) is 1.65. The molecular formula is C12H13FN4O3. The van der Waals surface area contributed by atoms with Crippen molar-refractivity contribution in [3.63, 3.8) is 0 Å². The number of halogens is 1. The average Bonchev–Trinajstić information content (AvgIpc) is 2.86. The van der Waals surface area contributed by atoms with Crippen molar-refractivity contribution in [1.82, 2.24) is 14.9 Å². The standard InChI is InChI=1S/C12H13FN4O3/c13-10-3-1-9(2-4-10)7-15-11(18)8-16-6-5-14-12(16)17(19)20/h1-6,17,19H,7-8H2,(H,15,18). The zero-order valence-corrected chi connectivity index (χ0v) is 10.4. The minimum absolute atomic E-state index is 0.136. The van der Waals surface area contributed by atoms with Gasteiger partial charge in [-0.3, -0.25) is 9.36 Å². The van der Waals surface area contributed by atoms with E-state index in [1.807, 2.05) is 0 Å². The summed E-state index contributed by atoms with van der Waals surface area (Å²) in [6.07, 6.45) is 2.73. The maximum Gasteiger partial charge on any atom is 0.341 e. The van der Waals surface area contributed by atoms with Gasteiger partial charge in [0.05, 0.1) is 6.20 Å². The van der Waals surface area contributed by atoms with Gasteiger partial charge in [-0.15, -0.1) is 0 Å². The maximum absolute atomic E-state index is 12.7. The smallest absolute Gasteiger partial charge is 0.341 e. The van der Waals surface area contributed by atoms with Gasteiger partial charge in [-0.2, -0.15) is 10.2 Å². The lowest BCUT2D eigenvalue weighted by Crippen LogP contribution is -3.00. The van der Waals surface area contributed by atoms with Gasteiger partial charge in [0, 0.05) is 12.7 Å². The van der Waals surface area contributed by atoms with Crippen LogP contribution in [0.2, 0.25) is 0 Å². The van der Waals surface area contributed by atoms with Gasteiger partial charge >= 0.3 is 5.95 Å². The molecule has 2 rings (SSSR count). The third-order valence-electron chi connectivity index (χ3n) is 2.62. The molecule has 0 aliphatic heterocycles. The topological polar surface area (TPSA) is 94.7 Å². The van der Waals surface area contributed by atoms with Crippen LogP contribution in [0.5, 0.6) is 0 Å². The molecule has 1 aromatic carbocycles. The van der Waals surface area contributed by atoms with Gasteiger partial charge in [-0.05, 0) is 17.7 Å². The molecule has 0 saturated carbocycles. The quantitative estimate of drug-likeness (QED) is 0.658. The van der Waals surface area contributed by atoms with E-state index in [0.29, 0.717) is 0 Å². The number of quaternary nitrogens is 1. The van der Waals surface area contributed by atoms with E-state index >= 15 is 0 Å². The van der Waals surface area contributed by atoms with Crippen LogP contribution in [0, 0.1) is 11.0 Å². The van der Waals surface area contributed by atoms with E-state index in [0.717, 1.165) is 5.56 Å². The van der Waals surface area contributed by atoms with E-state index < -0.39 is 5.23 Å². The fourth-order valence-corrected chi connectivity index (χ4v) is 1.65. The lowest BCUT2D eigenvalue weighted by Gasteiger charge is -2.12. The number of nitrogens with one attached hydrogen (secondary N) is 2. The number of nitrogens with zero attached hydrogens (tertiary/aromatic N) is 2. The zero-order valence-electron chi connectivity index (χ0n) is 10.4. The average molecular weight is 280 g/mol. The molecule has 1 atom stereocenters. The molecule has 0 aliphatic carbocycles. The number of carbonyl (C=O) groups excluding carboxylic acids is 1. The molecule has 0 radical (unpaired) electrons. The predicted octanol–water partition coefficient (Wildman–Crippen LogP) is -0.258. The van der Waals surface area contributed by atoms with Crippen LogP contribution in [0.1, 0.15) is 5.56 Å². The van der Waals surface area contributed by atoms with Crippen LogP contribution in [0.25, 0.3) is 0 Å². The lowest BCUT2D eigenvalue weighted by molar-refractivity contribution is -0.995. The van der Waals surface area contributed by atoms with E-state index in [4.69, 9.17) is 5.21 Å². The van der Waals surface area contributed by atoms with Gasteiger partial charge in [-0.1, -0.05) is 12.1 Å². The first-order valence-corrected chi connectivity index (χ1v) is 5.82. The first kappa shape index (κ1) is 14.1. The summed E-state index contributed by atoms with van der Waals surface area (Å²) in [5.41, 5.74) is 0.754. The Hall–Kier alpha value is -2.29. The molecule has 20 heavy (non-hydrogen) atoms. The Morgan fingerprint density at radius 1 is 1.45 bits per heavy atom. The number of rotatable bonds is 5. The van der Waals surface area contributed by atoms with Crippen LogP contribution in [0.15, 0.2) is 36.7 Å². The monoisotopic (exact) mass is 280 g/mol. The largest absolute Gasteiger partial charge is 0.592 e. The summed E-state index contributed by atoms with van der Waals surface area (Å²) in [7, 11) is 0. The highest BCUT2D eigenvalue weighted by Gasteiger charge is 2.12. The summed E-state index contributed by atoms with van der Waals surface area (Å²) >= 11 is 0. The number of imidazole rings is 1. The van der Waals surface area contributed by atoms with Gasteiger partial charge in [-0.25, -0.2) is 9.60 Å². The van der Waals surface area contributed by atoms with Crippen LogP contribution < -0.4 is 10.5 Å². The highest BCUT2D eigenvalue weighted by molar-refractivity contribution is 5.75. The summed E-state index contributed by atoms with van der Waals surface area (Å²) < 4.78 is 13.9. The number of carbonyl (C=O) groups is 1. The Kier molecular flexibility index (Phi) is 4.41. The SMILES string of the molecule is O=C(Cn1ccnc1[NH+]([O-])O)NCc1ccc(F)cc1. The van der Waals surface area contributed by atoms with Crippen molar-refractivity contribution in [1.29, 1.82) is 0 Å². The molecule has 8 heteroatoms. The third kappa shape index (κ3) is 3.60. The second kappa shape index (κ2) is 6.24. The normalized spacial score (nSPS) is 12.2. The molecule has 2 aromatic rings. The molecule has 0 fully saturated rings. The Labute approximate surface area is 113 Å². The van der Waals surface area contributed by atoms with Crippen LogP contribution in [0.3, 0.4) is 0 Å². The summed E-state index contributed by atoms with van der Waals surface area (Å²) in [6.45, 7) is 0.110. The van der Waals surface area contributed by atoms with E-state index in [-0.39, 0.29) is 30.8 Å². The van der Waals surface area contributed by atoms with Crippen molar-refractivity contribution in [3.05, 3.63) is 53.2 Å². The molecule has 1 unspecified atom stereocenters. The molecule has 106 valence electrons. The van der Waals surface area contributed by atoms with Crippen LogP contribution in [-0.4, -0.2) is 20.7 Å². The Morgan fingerprint density at radius 3 is 2.80 bits per heavy atom. The summed E-state index contributed by atoms with van der Waals surface area (Å²) in [4.78, 5) is 15.3. The van der Waals surface area contributed by atoms with Crippen LogP contribution >= 0.6 is 0 Å². The highest BCUT2D eigenvalue weighted by atomic mass is 19.1. The third-order valence-corrected chi connectivity index (χ3v) is 2.62. The minimum Gasteiger partial charge on any atom is -0.592 e. The first-order chi connectivity index (χ1) is 9.56. The molecule has 0 saturated heterocycles. The molecule has 7 nitrogen and oxygen atoms in total.